The van der Waals surface area contributed by atoms with Crippen molar-refractivity contribution in [2.75, 3.05) is 6.54 Å². The molecule has 1 unspecified atom stereocenters. The Bertz CT molecular complexity index is 389. The van der Waals surface area contributed by atoms with Crippen LogP contribution >= 0.6 is 11.3 Å². The number of rotatable bonds is 4. The standard InChI is InChI=1S/C13H19NO2S/c1-10-5-6-12(17-10)9-14-7-3-2-4-11(14)8-13(15)16/h5-6,11H,2-4,7-9H2,1H3,(H,15,16). The Balaban J connectivity index is 1.98. The molecular weight excluding hydrogens is 234 g/mol. The molecule has 94 valence electrons. The predicted molar refractivity (Wildman–Crippen MR) is 69.4 cm³/mol. The van der Waals surface area contributed by atoms with E-state index in [-0.39, 0.29) is 12.5 Å². The molecule has 0 aromatic carbocycles. The molecule has 0 bridgehead atoms. The number of carboxylic acids is 1. The van der Waals surface area contributed by atoms with E-state index in [1.807, 2.05) is 11.3 Å². The molecule has 0 radical (unpaired) electrons. The van der Waals surface area contributed by atoms with E-state index in [2.05, 4.69) is 24.0 Å². The third-order valence-corrected chi connectivity index (χ3v) is 4.30. The topological polar surface area (TPSA) is 40.5 Å². The van der Waals surface area contributed by atoms with E-state index in [0.29, 0.717) is 0 Å². The van der Waals surface area contributed by atoms with Gasteiger partial charge in [0.1, 0.15) is 0 Å². The van der Waals surface area contributed by atoms with Crippen LogP contribution in [0.4, 0.5) is 0 Å². The third kappa shape index (κ3) is 3.54. The molecule has 1 aliphatic rings. The lowest BCUT2D eigenvalue weighted by molar-refractivity contribution is -0.138. The molecule has 17 heavy (non-hydrogen) atoms. The van der Waals surface area contributed by atoms with Crippen LogP contribution in [0, 0.1) is 6.92 Å². The Morgan fingerprint density at radius 2 is 2.35 bits per heavy atom. The number of thiophene rings is 1. The first-order valence-corrected chi connectivity index (χ1v) is 6.98. The van der Waals surface area contributed by atoms with Crippen molar-refractivity contribution in [2.45, 2.75) is 45.2 Å². The van der Waals surface area contributed by atoms with Gasteiger partial charge in [0.05, 0.1) is 6.42 Å². The van der Waals surface area contributed by atoms with Crippen molar-refractivity contribution in [3.63, 3.8) is 0 Å². The number of aryl methyl sites for hydroxylation is 1. The third-order valence-electron chi connectivity index (χ3n) is 3.31. The summed E-state index contributed by atoms with van der Waals surface area (Å²) in [5, 5.41) is 8.93. The summed E-state index contributed by atoms with van der Waals surface area (Å²) in [6, 6.07) is 4.52. The Labute approximate surface area is 106 Å². The molecule has 1 aromatic rings. The molecule has 0 saturated carbocycles. The number of carbonyl (C=O) groups is 1. The van der Waals surface area contributed by atoms with Crippen molar-refractivity contribution in [1.82, 2.24) is 4.90 Å². The molecule has 1 saturated heterocycles. The van der Waals surface area contributed by atoms with Crippen LogP contribution in [0.2, 0.25) is 0 Å². The number of nitrogens with zero attached hydrogens (tertiary/aromatic N) is 1. The lowest BCUT2D eigenvalue weighted by Gasteiger charge is -2.34. The Kier molecular flexibility index (Phi) is 4.18. The zero-order valence-corrected chi connectivity index (χ0v) is 11.0. The van der Waals surface area contributed by atoms with E-state index >= 15 is 0 Å². The van der Waals surface area contributed by atoms with Crippen LogP contribution in [0.25, 0.3) is 0 Å². The first-order chi connectivity index (χ1) is 8.15. The molecule has 0 spiro atoms. The Morgan fingerprint density at radius 1 is 1.53 bits per heavy atom. The molecule has 1 aliphatic heterocycles. The first-order valence-electron chi connectivity index (χ1n) is 6.16. The lowest BCUT2D eigenvalue weighted by Crippen LogP contribution is -2.40. The van der Waals surface area contributed by atoms with Gasteiger partial charge in [0.2, 0.25) is 0 Å². The maximum atomic E-state index is 10.8. The Morgan fingerprint density at radius 3 is 3.00 bits per heavy atom. The maximum Gasteiger partial charge on any atom is 0.304 e. The van der Waals surface area contributed by atoms with Gasteiger partial charge in [-0.05, 0) is 38.4 Å². The van der Waals surface area contributed by atoms with E-state index in [1.165, 1.54) is 16.2 Å². The second-order valence-electron chi connectivity index (χ2n) is 4.73. The van der Waals surface area contributed by atoms with Crippen molar-refractivity contribution >= 4 is 17.3 Å². The minimum atomic E-state index is -0.677. The normalized spacial score (nSPS) is 21.6. The molecule has 1 aromatic heterocycles. The first kappa shape index (κ1) is 12.6. The fourth-order valence-electron chi connectivity index (χ4n) is 2.47. The van der Waals surface area contributed by atoms with Crippen molar-refractivity contribution in [3.8, 4) is 0 Å². The van der Waals surface area contributed by atoms with Crippen LogP contribution in [0.15, 0.2) is 12.1 Å². The van der Waals surface area contributed by atoms with Crippen LogP contribution in [0.5, 0.6) is 0 Å². The highest BCUT2D eigenvalue weighted by Gasteiger charge is 2.24. The van der Waals surface area contributed by atoms with E-state index in [4.69, 9.17) is 5.11 Å². The van der Waals surface area contributed by atoms with E-state index in [0.717, 1.165) is 25.9 Å². The fraction of sp³-hybridized carbons (Fsp3) is 0.615. The van der Waals surface area contributed by atoms with Gasteiger partial charge in [-0.25, -0.2) is 0 Å². The molecule has 0 aliphatic carbocycles. The number of likely N-dealkylation sites (tertiary alicyclic amines) is 1. The van der Waals surface area contributed by atoms with Gasteiger partial charge in [0.25, 0.3) is 0 Å². The zero-order chi connectivity index (χ0) is 12.3. The van der Waals surface area contributed by atoms with Crippen LogP contribution in [0.3, 0.4) is 0 Å². The summed E-state index contributed by atoms with van der Waals surface area (Å²) < 4.78 is 0. The summed E-state index contributed by atoms with van der Waals surface area (Å²) in [6.45, 7) is 4.06. The van der Waals surface area contributed by atoms with Crippen molar-refractivity contribution < 1.29 is 9.90 Å². The number of carboxylic acid groups (broad SMARTS) is 1. The summed E-state index contributed by atoms with van der Waals surface area (Å²) in [5.41, 5.74) is 0. The minimum absolute atomic E-state index is 0.226. The van der Waals surface area contributed by atoms with E-state index in [9.17, 15) is 4.79 Å². The summed E-state index contributed by atoms with van der Waals surface area (Å²) in [7, 11) is 0. The SMILES string of the molecule is Cc1ccc(CN2CCCCC2CC(=O)O)s1. The van der Waals surface area contributed by atoms with Gasteiger partial charge in [-0.1, -0.05) is 6.42 Å². The largest absolute Gasteiger partial charge is 0.481 e. The quantitative estimate of drug-likeness (QED) is 0.897. The van der Waals surface area contributed by atoms with Crippen molar-refractivity contribution in [1.29, 1.82) is 0 Å². The van der Waals surface area contributed by atoms with Crippen molar-refractivity contribution in [3.05, 3.63) is 21.9 Å². The number of aliphatic carboxylic acids is 1. The molecule has 0 amide bonds. The summed E-state index contributed by atoms with van der Waals surface area (Å²) in [4.78, 5) is 15.9. The lowest BCUT2D eigenvalue weighted by atomic mass is 9.99. The van der Waals surface area contributed by atoms with E-state index in [1.54, 1.807) is 0 Å². The summed E-state index contributed by atoms with van der Waals surface area (Å²) >= 11 is 1.81. The van der Waals surface area contributed by atoms with Gasteiger partial charge in [-0.2, -0.15) is 0 Å². The van der Waals surface area contributed by atoms with Crippen molar-refractivity contribution in [2.24, 2.45) is 0 Å². The average molecular weight is 253 g/mol. The molecule has 3 nitrogen and oxygen atoms in total. The fourth-order valence-corrected chi connectivity index (χ4v) is 3.39. The van der Waals surface area contributed by atoms with Crippen LogP contribution in [-0.2, 0) is 11.3 Å². The average Bonchev–Trinajstić information content (AvgIpc) is 2.66. The van der Waals surface area contributed by atoms with Gasteiger partial charge >= 0.3 is 5.97 Å². The molecule has 1 atom stereocenters. The second kappa shape index (κ2) is 5.65. The molecule has 2 heterocycles. The van der Waals surface area contributed by atoms with Crippen LogP contribution in [-0.4, -0.2) is 28.6 Å². The molecule has 2 rings (SSSR count). The number of piperidine rings is 1. The smallest absolute Gasteiger partial charge is 0.304 e. The minimum Gasteiger partial charge on any atom is -0.481 e. The zero-order valence-electron chi connectivity index (χ0n) is 10.2. The predicted octanol–water partition coefficient (Wildman–Crippen LogP) is 2.89. The Hall–Kier alpha value is -0.870. The van der Waals surface area contributed by atoms with Gasteiger partial charge in [-0.15, -0.1) is 11.3 Å². The highest BCUT2D eigenvalue weighted by Crippen LogP contribution is 2.24. The summed E-state index contributed by atoms with van der Waals surface area (Å²) in [5.74, 6) is -0.677. The highest BCUT2D eigenvalue weighted by molar-refractivity contribution is 7.11. The maximum absolute atomic E-state index is 10.8. The molecule has 4 heteroatoms. The van der Waals surface area contributed by atoms with Gasteiger partial charge < -0.3 is 5.11 Å². The molecule has 1 N–H and O–H groups in total. The number of hydrogen-bond acceptors (Lipinski definition) is 3. The van der Waals surface area contributed by atoms with Gasteiger partial charge in [0, 0.05) is 22.3 Å². The van der Waals surface area contributed by atoms with Gasteiger partial charge in [0.15, 0.2) is 0 Å². The molecular formula is C13H19NO2S. The summed E-state index contributed by atoms with van der Waals surface area (Å²) in [6.07, 6.45) is 3.67. The monoisotopic (exact) mass is 253 g/mol. The second-order valence-corrected chi connectivity index (χ2v) is 6.10. The number of hydrogen-bond donors (Lipinski definition) is 1. The van der Waals surface area contributed by atoms with Crippen LogP contribution in [0.1, 0.15) is 35.4 Å². The highest BCUT2D eigenvalue weighted by atomic mass is 32.1. The van der Waals surface area contributed by atoms with Crippen LogP contribution < -0.4 is 0 Å². The van der Waals surface area contributed by atoms with E-state index < -0.39 is 5.97 Å². The molecule has 1 fully saturated rings. The van der Waals surface area contributed by atoms with Gasteiger partial charge in [-0.3, -0.25) is 9.69 Å².